The van der Waals surface area contributed by atoms with Gasteiger partial charge in [-0.25, -0.2) is 8.42 Å². The molecule has 6 nitrogen and oxygen atoms in total. The van der Waals surface area contributed by atoms with Crippen molar-refractivity contribution in [3.05, 3.63) is 35.9 Å². The molecule has 0 aromatic heterocycles. The van der Waals surface area contributed by atoms with Crippen LogP contribution in [0.15, 0.2) is 35.3 Å². The second-order valence-electron chi connectivity index (χ2n) is 6.45. The van der Waals surface area contributed by atoms with E-state index in [1.807, 2.05) is 13.0 Å². The van der Waals surface area contributed by atoms with Crippen LogP contribution in [0, 0.1) is 0 Å². The number of sulfone groups is 1. The summed E-state index contributed by atoms with van der Waals surface area (Å²) in [6, 6.07) is 10.7. The van der Waals surface area contributed by atoms with Crippen LogP contribution in [0.4, 0.5) is 0 Å². The van der Waals surface area contributed by atoms with Crippen LogP contribution in [0.3, 0.4) is 0 Å². The molecule has 8 heteroatoms. The summed E-state index contributed by atoms with van der Waals surface area (Å²) in [7, 11) is -2.98. The molecule has 148 valence electrons. The monoisotopic (exact) mass is 494 g/mol. The standard InChI is InChI=1S/C18H30N4O2S.HI/c1-3-19-18(20-11-14-25(2,23)24)21-15-17(22-12-7-8-13-22)16-9-5-4-6-10-16;/h4-6,9-10,17H,3,7-8,11-15H2,1-2H3,(H2,19,20,21);1H. The van der Waals surface area contributed by atoms with E-state index < -0.39 is 9.84 Å². The molecule has 2 N–H and O–H groups in total. The average Bonchev–Trinajstić information content (AvgIpc) is 3.09. The molecule has 1 aliphatic heterocycles. The molecule has 0 bridgehead atoms. The number of likely N-dealkylation sites (tertiary alicyclic amines) is 1. The molecular weight excluding hydrogens is 463 g/mol. The van der Waals surface area contributed by atoms with Gasteiger partial charge in [-0.05, 0) is 38.4 Å². The molecule has 2 rings (SSSR count). The van der Waals surface area contributed by atoms with Gasteiger partial charge in [0, 0.05) is 19.3 Å². The van der Waals surface area contributed by atoms with Crippen molar-refractivity contribution in [3.63, 3.8) is 0 Å². The summed E-state index contributed by atoms with van der Waals surface area (Å²) in [6.07, 6.45) is 3.72. The summed E-state index contributed by atoms with van der Waals surface area (Å²) in [4.78, 5) is 7.20. The first-order chi connectivity index (χ1) is 12.0. The topological polar surface area (TPSA) is 73.8 Å². The van der Waals surface area contributed by atoms with Gasteiger partial charge in [-0.15, -0.1) is 24.0 Å². The van der Waals surface area contributed by atoms with Crippen LogP contribution in [0.1, 0.15) is 31.4 Å². The molecule has 0 aliphatic carbocycles. The molecule has 1 aliphatic rings. The van der Waals surface area contributed by atoms with Gasteiger partial charge >= 0.3 is 0 Å². The molecule has 26 heavy (non-hydrogen) atoms. The molecule has 1 unspecified atom stereocenters. The second-order valence-corrected chi connectivity index (χ2v) is 8.71. The van der Waals surface area contributed by atoms with Crippen LogP contribution >= 0.6 is 24.0 Å². The molecule has 0 amide bonds. The van der Waals surface area contributed by atoms with Crippen LogP contribution in [0.25, 0.3) is 0 Å². The Bertz CT molecular complexity index is 646. The summed E-state index contributed by atoms with van der Waals surface area (Å²) in [5, 5.41) is 6.31. The zero-order chi connectivity index (χ0) is 18.1. The van der Waals surface area contributed by atoms with Gasteiger partial charge in [0.2, 0.25) is 0 Å². The summed E-state index contributed by atoms with van der Waals surface area (Å²) in [5.74, 6) is 0.775. The third-order valence-electron chi connectivity index (χ3n) is 4.30. The third-order valence-corrected chi connectivity index (χ3v) is 5.24. The normalized spacial score (nSPS) is 16.8. The Labute approximate surface area is 174 Å². The van der Waals surface area contributed by atoms with Crippen LogP contribution in [0.5, 0.6) is 0 Å². The van der Waals surface area contributed by atoms with E-state index in [-0.39, 0.29) is 35.8 Å². The smallest absolute Gasteiger partial charge is 0.191 e. The van der Waals surface area contributed by atoms with Crippen molar-refractivity contribution in [1.29, 1.82) is 0 Å². The zero-order valence-corrected chi connectivity index (χ0v) is 18.8. The highest BCUT2D eigenvalue weighted by molar-refractivity contribution is 14.0. The highest BCUT2D eigenvalue weighted by atomic mass is 127. The summed E-state index contributed by atoms with van der Waals surface area (Å²) >= 11 is 0. The maximum absolute atomic E-state index is 11.3. The van der Waals surface area contributed by atoms with Crippen molar-refractivity contribution >= 4 is 39.8 Å². The Hall–Kier alpha value is -0.870. The van der Waals surface area contributed by atoms with Gasteiger partial charge in [-0.1, -0.05) is 30.3 Å². The van der Waals surface area contributed by atoms with Crippen LogP contribution < -0.4 is 10.6 Å². The SMILES string of the molecule is CCNC(=NCC(c1ccccc1)N1CCCC1)NCCS(C)(=O)=O.I. The van der Waals surface area contributed by atoms with Gasteiger partial charge in [0.1, 0.15) is 9.84 Å². The van der Waals surface area contributed by atoms with E-state index in [4.69, 9.17) is 4.99 Å². The quantitative estimate of drug-likeness (QED) is 0.329. The Morgan fingerprint density at radius 1 is 1.19 bits per heavy atom. The first-order valence-corrected chi connectivity index (χ1v) is 11.0. The number of guanidine groups is 1. The average molecular weight is 494 g/mol. The highest BCUT2D eigenvalue weighted by Gasteiger charge is 2.23. The van der Waals surface area contributed by atoms with Crippen LogP contribution in [-0.4, -0.2) is 64.0 Å². The van der Waals surface area contributed by atoms with Gasteiger partial charge in [0.05, 0.1) is 18.3 Å². The number of rotatable bonds is 8. The number of halogens is 1. The molecular formula is C18H31IN4O2S. The van der Waals surface area contributed by atoms with E-state index in [0.29, 0.717) is 19.0 Å². The molecule has 1 saturated heterocycles. The Balaban J connectivity index is 0.00000338. The second kappa shape index (κ2) is 11.8. The van der Waals surface area contributed by atoms with E-state index in [1.54, 1.807) is 0 Å². The van der Waals surface area contributed by atoms with Crippen molar-refractivity contribution in [3.8, 4) is 0 Å². The van der Waals surface area contributed by atoms with E-state index in [2.05, 4.69) is 39.8 Å². The minimum Gasteiger partial charge on any atom is -0.357 e. The molecule has 1 aromatic rings. The number of aliphatic imine (C=N–C) groups is 1. The van der Waals surface area contributed by atoms with Gasteiger partial charge in [0.25, 0.3) is 0 Å². The van der Waals surface area contributed by atoms with E-state index in [9.17, 15) is 8.42 Å². The number of hydrogen-bond acceptors (Lipinski definition) is 4. The fraction of sp³-hybridized carbons (Fsp3) is 0.611. The lowest BCUT2D eigenvalue weighted by atomic mass is 10.1. The van der Waals surface area contributed by atoms with E-state index in [1.165, 1.54) is 24.7 Å². The van der Waals surface area contributed by atoms with Crippen molar-refractivity contribution in [2.75, 3.05) is 44.7 Å². The Morgan fingerprint density at radius 3 is 2.42 bits per heavy atom. The molecule has 0 radical (unpaired) electrons. The molecule has 1 aromatic carbocycles. The van der Waals surface area contributed by atoms with Gasteiger partial charge in [0.15, 0.2) is 5.96 Å². The predicted molar refractivity (Wildman–Crippen MR) is 119 cm³/mol. The van der Waals surface area contributed by atoms with E-state index >= 15 is 0 Å². The number of hydrogen-bond donors (Lipinski definition) is 2. The Morgan fingerprint density at radius 2 is 1.85 bits per heavy atom. The van der Waals surface area contributed by atoms with Gasteiger partial charge in [-0.3, -0.25) is 9.89 Å². The third kappa shape index (κ3) is 8.22. The fourth-order valence-corrected chi connectivity index (χ4v) is 3.51. The molecule has 1 atom stereocenters. The number of benzene rings is 1. The summed E-state index contributed by atoms with van der Waals surface area (Å²) in [6.45, 7) is 5.97. The Kier molecular flexibility index (Phi) is 10.5. The lowest BCUT2D eigenvalue weighted by Crippen LogP contribution is -2.40. The van der Waals surface area contributed by atoms with Gasteiger partial charge in [-0.2, -0.15) is 0 Å². The van der Waals surface area contributed by atoms with Gasteiger partial charge < -0.3 is 10.6 Å². The maximum atomic E-state index is 11.3. The van der Waals surface area contributed by atoms with E-state index in [0.717, 1.165) is 19.6 Å². The van der Waals surface area contributed by atoms with Crippen LogP contribution in [0.2, 0.25) is 0 Å². The highest BCUT2D eigenvalue weighted by Crippen LogP contribution is 2.25. The number of nitrogens with zero attached hydrogens (tertiary/aromatic N) is 2. The predicted octanol–water partition coefficient (Wildman–Crippen LogP) is 2.04. The van der Waals surface area contributed by atoms with Crippen molar-refractivity contribution in [2.24, 2.45) is 4.99 Å². The summed E-state index contributed by atoms with van der Waals surface area (Å²) in [5.41, 5.74) is 1.28. The molecule has 0 spiro atoms. The minimum atomic E-state index is -2.98. The lowest BCUT2D eigenvalue weighted by molar-refractivity contribution is 0.251. The number of nitrogens with one attached hydrogen (secondary N) is 2. The first-order valence-electron chi connectivity index (χ1n) is 8.98. The largest absolute Gasteiger partial charge is 0.357 e. The molecule has 1 fully saturated rings. The molecule has 1 heterocycles. The fourth-order valence-electron chi connectivity index (χ4n) is 3.03. The lowest BCUT2D eigenvalue weighted by Gasteiger charge is -2.27. The molecule has 0 saturated carbocycles. The summed E-state index contributed by atoms with van der Waals surface area (Å²) < 4.78 is 22.6. The van der Waals surface area contributed by atoms with Crippen molar-refractivity contribution in [1.82, 2.24) is 15.5 Å². The van der Waals surface area contributed by atoms with Crippen molar-refractivity contribution < 1.29 is 8.42 Å². The maximum Gasteiger partial charge on any atom is 0.191 e. The first kappa shape index (κ1) is 23.2. The van der Waals surface area contributed by atoms with Crippen molar-refractivity contribution in [2.45, 2.75) is 25.8 Å². The zero-order valence-electron chi connectivity index (χ0n) is 15.6. The van der Waals surface area contributed by atoms with Crippen LogP contribution in [-0.2, 0) is 9.84 Å². The minimum absolute atomic E-state index is 0.